The summed E-state index contributed by atoms with van der Waals surface area (Å²) < 4.78 is 26.9. The molecule has 1 aliphatic heterocycles. The first kappa shape index (κ1) is 16.0. The summed E-state index contributed by atoms with van der Waals surface area (Å²) in [6, 6.07) is 9.30. The first-order valence-corrected chi connectivity index (χ1v) is 8.45. The zero-order valence-corrected chi connectivity index (χ0v) is 13.5. The van der Waals surface area contributed by atoms with Crippen molar-refractivity contribution in [3.05, 3.63) is 29.8 Å². The molecule has 1 aromatic carbocycles. The van der Waals surface area contributed by atoms with Gasteiger partial charge in [-0.25, -0.2) is 8.42 Å². The largest absolute Gasteiger partial charge is 0.283 e. The molecule has 6 heteroatoms. The Hall–Kier alpha value is -1.42. The Balaban J connectivity index is 2.16. The minimum absolute atomic E-state index is 0.373. The van der Waals surface area contributed by atoms with Gasteiger partial charge in [0, 0.05) is 26.2 Å². The third kappa shape index (κ3) is 3.10. The fraction of sp³-hybridized carbons (Fsp3) is 0.533. The van der Waals surface area contributed by atoms with Crippen LogP contribution in [0.3, 0.4) is 0 Å². The fourth-order valence-corrected chi connectivity index (χ4v) is 4.19. The van der Waals surface area contributed by atoms with Gasteiger partial charge in [-0.1, -0.05) is 18.2 Å². The maximum absolute atomic E-state index is 12.7. The zero-order chi connectivity index (χ0) is 15.7. The van der Waals surface area contributed by atoms with Gasteiger partial charge in [-0.3, -0.25) is 4.90 Å². The first-order chi connectivity index (χ1) is 9.79. The summed E-state index contributed by atoms with van der Waals surface area (Å²) in [6.45, 7) is 7.51. The minimum Gasteiger partial charge on any atom is -0.283 e. The molecule has 21 heavy (non-hydrogen) atoms. The van der Waals surface area contributed by atoms with Crippen molar-refractivity contribution in [2.24, 2.45) is 0 Å². The molecule has 0 aromatic heterocycles. The van der Waals surface area contributed by atoms with E-state index in [1.165, 1.54) is 4.31 Å². The SMILES string of the molecule is Cc1ccccc1S(=O)(=O)N1CCN(C(C)(C)C#N)CC1. The lowest BCUT2D eigenvalue weighted by Gasteiger charge is -2.39. The van der Waals surface area contributed by atoms with Gasteiger partial charge in [0.25, 0.3) is 0 Å². The number of sulfonamides is 1. The number of hydrogen-bond donors (Lipinski definition) is 0. The van der Waals surface area contributed by atoms with E-state index in [2.05, 4.69) is 6.07 Å². The maximum atomic E-state index is 12.7. The summed E-state index contributed by atoms with van der Waals surface area (Å²) >= 11 is 0. The number of nitriles is 1. The van der Waals surface area contributed by atoms with Crippen molar-refractivity contribution in [2.75, 3.05) is 26.2 Å². The van der Waals surface area contributed by atoms with Crippen LogP contribution in [-0.4, -0.2) is 49.3 Å². The average molecular weight is 307 g/mol. The standard InChI is InChI=1S/C15H21N3O2S/c1-13-6-4-5-7-14(13)21(19,20)18-10-8-17(9-11-18)15(2,3)12-16/h4-7H,8-11H2,1-3H3. The van der Waals surface area contributed by atoms with Gasteiger partial charge in [-0.2, -0.15) is 9.57 Å². The van der Waals surface area contributed by atoms with Gasteiger partial charge in [-0.15, -0.1) is 0 Å². The van der Waals surface area contributed by atoms with Crippen molar-refractivity contribution < 1.29 is 8.42 Å². The van der Waals surface area contributed by atoms with Crippen molar-refractivity contribution in [3.8, 4) is 6.07 Å². The Morgan fingerprint density at radius 1 is 1.14 bits per heavy atom. The molecule has 5 nitrogen and oxygen atoms in total. The minimum atomic E-state index is -3.44. The van der Waals surface area contributed by atoms with Crippen LogP contribution in [0.5, 0.6) is 0 Å². The Kier molecular flexibility index (Phi) is 4.38. The van der Waals surface area contributed by atoms with Gasteiger partial charge in [0.2, 0.25) is 10.0 Å². The molecule has 1 saturated heterocycles. The Labute approximate surface area is 126 Å². The zero-order valence-electron chi connectivity index (χ0n) is 12.7. The van der Waals surface area contributed by atoms with Crippen LogP contribution in [0.15, 0.2) is 29.2 Å². The number of rotatable bonds is 3. The molecular weight excluding hydrogens is 286 g/mol. The molecule has 1 aromatic rings. The average Bonchev–Trinajstić information content (AvgIpc) is 2.47. The quantitative estimate of drug-likeness (QED) is 0.851. The maximum Gasteiger partial charge on any atom is 0.243 e. The van der Waals surface area contributed by atoms with Crippen molar-refractivity contribution in [1.82, 2.24) is 9.21 Å². The van der Waals surface area contributed by atoms with Crippen LogP contribution in [0.2, 0.25) is 0 Å². The summed E-state index contributed by atoms with van der Waals surface area (Å²) in [5, 5.41) is 9.16. The second kappa shape index (κ2) is 5.76. The lowest BCUT2D eigenvalue weighted by atomic mass is 10.0. The fourth-order valence-electron chi connectivity index (χ4n) is 2.54. The molecule has 114 valence electrons. The third-order valence-electron chi connectivity index (χ3n) is 4.01. The van der Waals surface area contributed by atoms with Crippen molar-refractivity contribution in [3.63, 3.8) is 0 Å². The number of nitrogens with zero attached hydrogens (tertiary/aromatic N) is 3. The van der Waals surface area contributed by atoms with E-state index >= 15 is 0 Å². The normalized spacial score (nSPS) is 18.4. The Bertz CT molecular complexity index is 654. The van der Waals surface area contributed by atoms with Crippen LogP contribution in [0.25, 0.3) is 0 Å². The van der Waals surface area contributed by atoms with Gasteiger partial charge in [0.1, 0.15) is 5.54 Å². The Morgan fingerprint density at radius 2 is 1.71 bits per heavy atom. The molecule has 0 amide bonds. The van der Waals surface area contributed by atoms with E-state index in [1.54, 1.807) is 12.1 Å². The van der Waals surface area contributed by atoms with Gasteiger partial charge >= 0.3 is 0 Å². The van der Waals surface area contributed by atoms with Crippen LogP contribution >= 0.6 is 0 Å². The lowest BCUT2D eigenvalue weighted by Crippen LogP contribution is -2.55. The molecule has 1 aliphatic rings. The van der Waals surface area contributed by atoms with E-state index in [0.29, 0.717) is 31.1 Å². The van der Waals surface area contributed by atoms with Crippen molar-refractivity contribution >= 4 is 10.0 Å². The van der Waals surface area contributed by atoms with Crippen LogP contribution in [0, 0.1) is 18.3 Å². The monoisotopic (exact) mass is 307 g/mol. The summed E-state index contributed by atoms with van der Waals surface area (Å²) in [5.41, 5.74) is 0.204. The van der Waals surface area contributed by atoms with Crippen LogP contribution in [0.1, 0.15) is 19.4 Å². The highest BCUT2D eigenvalue weighted by molar-refractivity contribution is 7.89. The summed E-state index contributed by atoms with van der Waals surface area (Å²) in [6.07, 6.45) is 0. The molecule has 0 saturated carbocycles. The molecule has 0 spiro atoms. The smallest absolute Gasteiger partial charge is 0.243 e. The lowest BCUT2D eigenvalue weighted by molar-refractivity contribution is 0.115. The highest BCUT2D eigenvalue weighted by atomic mass is 32.2. The molecular formula is C15H21N3O2S. The number of piperazine rings is 1. The van der Waals surface area contributed by atoms with Crippen LogP contribution < -0.4 is 0 Å². The van der Waals surface area contributed by atoms with Crippen LogP contribution in [-0.2, 0) is 10.0 Å². The summed E-state index contributed by atoms with van der Waals surface area (Å²) in [5.74, 6) is 0. The molecule has 0 aliphatic carbocycles. The predicted molar refractivity (Wildman–Crippen MR) is 81.2 cm³/mol. The molecule has 0 unspecified atom stereocenters. The van der Waals surface area contributed by atoms with Gasteiger partial charge in [0.05, 0.1) is 11.0 Å². The highest BCUT2D eigenvalue weighted by Gasteiger charge is 2.34. The molecule has 2 rings (SSSR count). The first-order valence-electron chi connectivity index (χ1n) is 7.01. The summed E-state index contributed by atoms with van der Waals surface area (Å²) in [7, 11) is -3.44. The number of hydrogen-bond acceptors (Lipinski definition) is 4. The van der Waals surface area contributed by atoms with Crippen molar-refractivity contribution in [2.45, 2.75) is 31.2 Å². The summed E-state index contributed by atoms with van der Waals surface area (Å²) in [4.78, 5) is 2.40. The molecule has 0 bridgehead atoms. The predicted octanol–water partition coefficient (Wildman–Crippen LogP) is 1.60. The second-order valence-corrected chi connectivity index (χ2v) is 7.73. The van der Waals surface area contributed by atoms with Gasteiger partial charge in [0.15, 0.2) is 0 Å². The van der Waals surface area contributed by atoms with Crippen molar-refractivity contribution in [1.29, 1.82) is 5.26 Å². The van der Waals surface area contributed by atoms with E-state index in [9.17, 15) is 8.42 Å². The van der Waals surface area contributed by atoms with E-state index < -0.39 is 15.6 Å². The third-order valence-corrected chi connectivity index (χ3v) is 6.07. The van der Waals surface area contributed by atoms with E-state index in [-0.39, 0.29) is 0 Å². The van der Waals surface area contributed by atoms with E-state index in [1.807, 2.05) is 37.8 Å². The topological polar surface area (TPSA) is 64.4 Å². The molecule has 0 atom stereocenters. The molecule has 0 radical (unpaired) electrons. The highest BCUT2D eigenvalue weighted by Crippen LogP contribution is 2.23. The molecule has 1 fully saturated rings. The number of aryl methyl sites for hydroxylation is 1. The number of benzene rings is 1. The Morgan fingerprint density at radius 3 is 2.24 bits per heavy atom. The molecule has 0 N–H and O–H groups in total. The second-order valence-electron chi connectivity index (χ2n) is 5.83. The van der Waals surface area contributed by atoms with E-state index in [4.69, 9.17) is 5.26 Å². The van der Waals surface area contributed by atoms with Gasteiger partial charge < -0.3 is 0 Å². The van der Waals surface area contributed by atoms with Gasteiger partial charge in [-0.05, 0) is 32.4 Å². The van der Waals surface area contributed by atoms with E-state index in [0.717, 1.165) is 5.56 Å². The van der Waals surface area contributed by atoms with Crippen LogP contribution in [0.4, 0.5) is 0 Å². The molecule has 1 heterocycles.